The van der Waals surface area contributed by atoms with Gasteiger partial charge in [-0.3, -0.25) is 0 Å². The van der Waals surface area contributed by atoms with Crippen molar-refractivity contribution in [1.82, 2.24) is 0 Å². The van der Waals surface area contributed by atoms with Gasteiger partial charge in [0.15, 0.2) is 0 Å². The number of aryl methyl sites for hydroxylation is 2. The number of nitrogens with zero attached hydrogens (tertiary/aromatic N) is 1. The van der Waals surface area contributed by atoms with Crippen molar-refractivity contribution in [3.63, 3.8) is 0 Å². The molecular weight excluding hydrogens is 278 g/mol. The summed E-state index contributed by atoms with van der Waals surface area (Å²) in [6.07, 6.45) is 0. The predicted molar refractivity (Wildman–Crippen MR) is 107 cm³/mol. The number of hydrogen-bond acceptors (Lipinski definition) is 1. The second-order valence-corrected chi connectivity index (χ2v) is 6.08. The topological polar surface area (TPSA) is 3.24 Å². The standard InChI is InChI=1S/C18H23N.2C2H6/c1-14-10-6-8-12-16(14)19(18(3,4)5)17-13-9-7-11-15(17)2;2*1-2/h6-13H,1-5H3;2*1-2H3. The van der Waals surface area contributed by atoms with E-state index in [1.807, 2.05) is 27.7 Å². The van der Waals surface area contributed by atoms with E-state index >= 15 is 0 Å². The molecule has 1 nitrogen and oxygen atoms in total. The average Bonchev–Trinajstić information content (AvgIpc) is 2.54. The fourth-order valence-electron chi connectivity index (χ4n) is 2.48. The van der Waals surface area contributed by atoms with E-state index in [0.29, 0.717) is 0 Å². The van der Waals surface area contributed by atoms with Crippen LogP contribution in [0.15, 0.2) is 48.5 Å². The molecule has 0 spiro atoms. The molecule has 0 heterocycles. The third kappa shape index (κ3) is 5.74. The third-order valence-corrected chi connectivity index (χ3v) is 3.38. The molecule has 0 aliphatic carbocycles. The molecule has 1 heteroatoms. The molecule has 2 rings (SSSR count). The van der Waals surface area contributed by atoms with Crippen LogP contribution in [0.2, 0.25) is 0 Å². The van der Waals surface area contributed by atoms with Gasteiger partial charge in [0.25, 0.3) is 0 Å². The van der Waals surface area contributed by atoms with Gasteiger partial charge in [0, 0.05) is 16.9 Å². The van der Waals surface area contributed by atoms with E-state index in [2.05, 4.69) is 88.0 Å². The second kappa shape index (κ2) is 10.1. The van der Waals surface area contributed by atoms with Crippen molar-refractivity contribution in [2.45, 2.75) is 67.9 Å². The van der Waals surface area contributed by atoms with Crippen LogP contribution >= 0.6 is 0 Å². The summed E-state index contributed by atoms with van der Waals surface area (Å²) in [5.41, 5.74) is 5.22. The molecule has 0 aromatic heterocycles. The zero-order chi connectivity index (χ0) is 18.0. The van der Waals surface area contributed by atoms with Gasteiger partial charge in [0.2, 0.25) is 0 Å². The smallest absolute Gasteiger partial charge is 0.0445 e. The summed E-state index contributed by atoms with van der Waals surface area (Å²) in [7, 11) is 0. The highest BCUT2D eigenvalue weighted by molar-refractivity contribution is 5.70. The summed E-state index contributed by atoms with van der Waals surface area (Å²) in [6, 6.07) is 17.2. The maximum absolute atomic E-state index is 2.43. The van der Waals surface area contributed by atoms with Crippen molar-refractivity contribution in [3.05, 3.63) is 59.7 Å². The number of hydrogen-bond donors (Lipinski definition) is 0. The molecule has 128 valence electrons. The van der Waals surface area contributed by atoms with Gasteiger partial charge in [-0.2, -0.15) is 0 Å². The molecule has 0 aliphatic heterocycles. The summed E-state index contributed by atoms with van der Waals surface area (Å²) < 4.78 is 0. The SMILES string of the molecule is CC.CC.Cc1ccccc1N(c1ccccc1C)C(C)(C)C. The number of anilines is 2. The highest BCUT2D eigenvalue weighted by atomic mass is 15.2. The van der Waals surface area contributed by atoms with Crippen LogP contribution < -0.4 is 4.90 Å². The first-order valence-corrected chi connectivity index (χ1v) is 8.83. The van der Waals surface area contributed by atoms with Gasteiger partial charge in [-0.25, -0.2) is 0 Å². The Bertz CT molecular complexity index is 519. The molecule has 2 aromatic carbocycles. The fourth-order valence-corrected chi connectivity index (χ4v) is 2.48. The van der Waals surface area contributed by atoms with Crippen LogP contribution in [0.25, 0.3) is 0 Å². The minimum Gasteiger partial charge on any atom is -0.336 e. The molecule has 0 saturated heterocycles. The van der Waals surface area contributed by atoms with Gasteiger partial charge in [-0.15, -0.1) is 0 Å². The maximum Gasteiger partial charge on any atom is 0.0445 e. The zero-order valence-electron chi connectivity index (χ0n) is 16.6. The second-order valence-electron chi connectivity index (χ2n) is 6.08. The Hall–Kier alpha value is -1.76. The van der Waals surface area contributed by atoms with Crippen LogP contribution in [0, 0.1) is 13.8 Å². The zero-order valence-corrected chi connectivity index (χ0v) is 16.6. The molecule has 0 atom stereocenters. The van der Waals surface area contributed by atoms with Crippen molar-refractivity contribution in [2.75, 3.05) is 4.90 Å². The Balaban J connectivity index is 0.00000112. The van der Waals surface area contributed by atoms with E-state index in [4.69, 9.17) is 0 Å². The Kier molecular flexibility index (Phi) is 9.32. The molecule has 0 N–H and O–H groups in total. The van der Waals surface area contributed by atoms with Crippen LogP contribution in [0.3, 0.4) is 0 Å². The van der Waals surface area contributed by atoms with Crippen LogP contribution in [0.4, 0.5) is 11.4 Å². The van der Waals surface area contributed by atoms with Gasteiger partial charge in [0.1, 0.15) is 0 Å². The number of para-hydroxylation sites is 2. The monoisotopic (exact) mass is 313 g/mol. The Morgan fingerprint density at radius 1 is 0.609 bits per heavy atom. The lowest BCUT2D eigenvalue weighted by Gasteiger charge is -2.39. The highest BCUT2D eigenvalue weighted by Crippen LogP contribution is 2.36. The molecule has 0 radical (unpaired) electrons. The highest BCUT2D eigenvalue weighted by Gasteiger charge is 2.25. The first kappa shape index (κ1) is 21.2. The molecule has 0 amide bonds. The summed E-state index contributed by atoms with van der Waals surface area (Å²) in [4.78, 5) is 2.43. The van der Waals surface area contributed by atoms with Crippen LogP contribution in [-0.4, -0.2) is 5.54 Å². The fraction of sp³-hybridized carbons (Fsp3) is 0.455. The average molecular weight is 314 g/mol. The van der Waals surface area contributed by atoms with Gasteiger partial charge in [-0.05, 0) is 57.9 Å². The summed E-state index contributed by atoms with van der Waals surface area (Å²) in [6.45, 7) is 19.1. The minimum atomic E-state index is 0.0399. The van der Waals surface area contributed by atoms with E-state index in [0.717, 1.165) is 0 Å². The first-order valence-electron chi connectivity index (χ1n) is 8.83. The van der Waals surface area contributed by atoms with Crippen molar-refractivity contribution in [1.29, 1.82) is 0 Å². The van der Waals surface area contributed by atoms with Crippen LogP contribution in [0.5, 0.6) is 0 Å². The number of benzene rings is 2. The molecule has 0 aliphatic rings. The Morgan fingerprint density at radius 3 is 1.17 bits per heavy atom. The molecule has 0 fully saturated rings. The lowest BCUT2D eigenvalue weighted by molar-refractivity contribution is 0.558. The molecule has 0 unspecified atom stereocenters. The quantitative estimate of drug-likeness (QED) is 0.562. The van der Waals surface area contributed by atoms with Crippen molar-refractivity contribution >= 4 is 11.4 Å². The van der Waals surface area contributed by atoms with E-state index in [1.165, 1.54) is 22.5 Å². The Morgan fingerprint density at radius 2 is 0.913 bits per heavy atom. The third-order valence-electron chi connectivity index (χ3n) is 3.38. The molecule has 0 bridgehead atoms. The summed E-state index contributed by atoms with van der Waals surface area (Å²) in [5.74, 6) is 0. The van der Waals surface area contributed by atoms with E-state index in [9.17, 15) is 0 Å². The van der Waals surface area contributed by atoms with E-state index in [1.54, 1.807) is 0 Å². The molecule has 0 saturated carbocycles. The summed E-state index contributed by atoms with van der Waals surface area (Å²) in [5, 5.41) is 0. The largest absolute Gasteiger partial charge is 0.336 e. The minimum absolute atomic E-state index is 0.0399. The Labute approximate surface area is 144 Å². The molecule has 23 heavy (non-hydrogen) atoms. The molecule has 2 aromatic rings. The van der Waals surface area contributed by atoms with E-state index in [-0.39, 0.29) is 5.54 Å². The van der Waals surface area contributed by atoms with Crippen LogP contribution in [-0.2, 0) is 0 Å². The van der Waals surface area contributed by atoms with Gasteiger partial charge in [0.05, 0.1) is 0 Å². The normalized spacial score (nSPS) is 9.96. The number of rotatable bonds is 2. The van der Waals surface area contributed by atoms with Crippen molar-refractivity contribution < 1.29 is 0 Å². The molecular formula is C22H35N. The first-order chi connectivity index (χ1) is 10.9. The predicted octanol–water partition coefficient (Wildman–Crippen LogP) is 7.29. The van der Waals surface area contributed by atoms with Crippen molar-refractivity contribution in [2.24, 2.45) is 0 Å². The maximum atomic E-state index is 2.43. The van der Waals surface area contributed by atoms with Gasteiger partial charge < -0.3 is 4.90 Å². The lowest BCUT2D eigenvalue weighted by atomic mass is 9.99. The lowest BCUT2D eigenvalue weighted by Crippen LogP contribution is -2.38. The summed E-state index contributed by atoms with van der Waals surface area (Å²) >= 11 is 0. The van der Waals surface area contributed by atoms with Gasteiger partial charge in [-0.1, -0.05) is 64.1 Å². The van der Waals surface area contributed by atoms with Crippen LogP contribution in [0.1, 0.15) is 59.6 Å². The van der Waals surface area contributed by atoms with Crippen molar-refractivity contribution in [3.8, 4) is 0 Å². The van der Waals surface area contributed by atoms with Gasteiger partial charge >= 0.3 is 0 Å². The van der Waals surface area contributed by atoms with E-state index < -0.39 is 0 Å².